The summed E-state index contributed by atoms with van der Waals surface area (Å²) >= 11 is 14.2. The van der Waals surface area contributed by atoms with E-state index in [4.69, 9.17) is 63.1 Å². The minimum absolute atomic E-state index is 0.0771. The van der Waals surface area contributed by atoms with Crippen LogP contribution in [0.5, 0.6) is 46.0 Å². The van der Waals surface area contributed by atoms with E-state index in [2.05, 4.69) is 44.1 Å². The number of aliphatic carboxylic acids is 1. The number of amides is 7. The first kappa shape index (κ1) is 86.2. The minimum Gasteiger partial charge on any atom is -0.508 e. The van der Waals surface area contributed by atoms with Crippen molar-refractivity contribution in [2.75, 3.05) is 13.2 Å². The van der Waals surface area contributed by atoms with Gasteiger partial charge in [0.15, 0.2) is 29.9 Å². The van der Waals surface area contributed by atoms with Crippen molar-refractivity contribution in [3.63, 3.8) is 0 Å². The molecule has 5 aromatic carbocycles. The van der Waals surface area contributed by atoms with Crippen molar-refractivity contribution in [2.45, 2.75) is 234 Å². The largest absolute Gasteiger partial charge is 0.508 e. The number of hydrogen-bond donors (Lipinski definition) is 19. The van der Waals surface area contributed by atoms with E-state index in [9.17, 15) is 75.0 Å². The predicted octanol–water partition coefficient (Wildman–Crippen LogP) is 4.79. The van der Waals surface area contributed by atoms with Crippen LogP contribution in [0.15, 0.2) is 78.9 Å². The fourth-order valence-electron chi connectivity index (χ4n) is 14.6. The Kier molecular flexibility index (Phi) is 28.9. The summed E-state index contributed by atoms with van der Waals surface area (Å²) < 4.78 is 39.4. The van der Waals surface area contributed by atoms with Gasteiger partial charge < -0.3 is 128 Å². The molecule has 18 atom stereocenters. The lowest BCUT2D eigenvalue weighted by Crippen LogP contribution is -2.65. The molecule has 21 N–H and O–H groups in total. The normalized spacial score (nSPS) is 27.6. The third-order valence-corrected chi connectivity index (χ3v) is 21.3. The quantitative estimate of drug-likeness (QED) is 0.0349. The molecule has 7 amide bonds. The first-order valence-corrected chi connectivity index (χ1v) is 38.4. The van der Waals surface area contributed by atoms with E-state index < -0.39 is 231 Å². The highest BCUT2D eigenvalue weighted by molar-refractivity contribution is 6.32. The number of carbonyl (C=O) groups excluding carboxylic acids is 7. The van der Waals surface area contributed by atoms with Crippen molar-refractivity contribution in [3.05, 3.63) is 117 Å². The van der Waals surface area contributed by atoms with E-state index in [0.29, 0.717) is 6.54 Å². The second-order valence-electron chi connectivity index (χ2n) is 29.9. The Bertz CT molecular complexity index is 4310. The number of aromatic hydroxyl groups is 3. The van der Waals surface area contributed by atoms with Gasteiger partial charge in [0, 0.05) is 34.7 Å². The van der Waals surface area contributed by atoms with Crippen LogP contribution in [0.2, 0.25) is 10.0 Å². The number of aliphatic hydroxyl groups is 6. The monoisotopic (exact) mass is 1620 g/mol. The van der Waals surface area contributed by atoms with Gasteiger partial charge in [-0.15, -0.1) is 0 Å². The van der Waals surface area contributed by atoms with Gasteiger partial charge in [0.1, 0.15) is 89.5 Å². The number of rotatable bonds is 25. The van der Waals surface area contributed by atoms with Crippen LogP contribution in [-0.4, -0.2) is 190 Å². The molecule has 614 valence electrons. The lowest BCUT2D eigenvalue weighted by atomic mass is 9.84. The van der Waals surface area contributed by atoms with Crippen molar-refractivity contribution in [3.8, 4) is 57.1 Å². The standard InChI is InChI=1S/C78H99Cl2N9O24/c1-6-7-8-9-10-11-12-13-14-15-16-23-83-78(5)33-56(108-36(4)69(78)99)112-68-66(98)65(97)54(34-90)111-77(68)113-67-52-28-40-29-53(67)110-51-22-19-39(27-45(51)80)64(96)62-75(105)87-60(76(106)107)43-30-41(91)31-49(93)57(43)42-25-37(17-20-48(42)92)58(72(102)89-62)86-73(103)59(40)85-71(101)47(32-55(82)94)84-74(104)61(88-70(100)46(81)24-35(2)3)63(95)38-18-21-50(109-52)44(79)26-38/h17-22,25-31,35-36,46-47,54,56,58-66,68-69,77,83,90-93,95-99H,6-16,23-24,32-34,81H2,1-5H3,(H2,82,94)(H,84,104)(H,85,101)(H,86,103)(H,87,105)(H,88,100)(H,89,102)(H,106,107)/t36-,46+,47-,54+,56-,58+,59+,60-,61+,62-,63+,64+,65+,66-,68+,69+,77-,78-/m0/s1. The zero-order chi connectivity index (χ0) is 82.0. The topological polar surface area (TPSA) is 530 Å². The summed E-state index contributed by atoms with van der Waals surface area (Å²) in [4.78, 5) is 117. The number of benzene rings is 5. The van der Waals surface area contributed by atoms with Gasteiger partial charge in [0.2, 0.25) is 53.4 Å². The average molecular weight is 1620 g/mol. The molecule has 35 heteroatoms. The zero-order valence-electron chi connectivity index (χ0n) is 62.8. The third-order valence-electron chi connectivity index (χ3n) is 20.7. The first-order chi connectivity index (χ1) is 53.7. The number of hydrogen-bond acceptors (Lipinski definition) is 25. The molecule has 7 heterocycles. The van der Waals surface area contributed by atoms with E-state index >= 15 is 14.4 Å². The number of phenols is 3. The Morgan fingerprint density at radius 2 is 1.25 bits per heavy atom. The van der Waals surface area contributed by atoms with Gasteiger partial charge in [-0.1, -0.05) is 126 Å². The number of phenolic OH excluding ortho intramolecular Hbond substituents is 3. The number of unbranched alkanes of at least 4 members (excludes halogenated alkanes) is 10. The smallest absolute Gasteiger partial charge is 0.330 e. The van der Waals surface area contributed by atoms with Crippen LogP contribution in [0.25, 0.3) is 11.1 Å². The molecule has 0 aromatic heterocycles. The molecular formula is C78H99Cl2N9O24. The van der Waals surface area contributed by atoms with Crippen LogP contribution in [0.3, 0.4) is 0 Å². The summed E-state index contributed by atoms with van der Waals surface area (Å²) in [6, 6.07) is -0.890. The second-order valence-corrected chi connectivity index (χ2v) is 30.7. The molecule has 0 radical (unpaired) electrons. The van der Waals surface area contributed by atoms with Gasteiger partial charge in [-0.05, 0) is 116 Å². The van der Waals surface area contributed by atoms with Gasteiger partial charge in [-0.3, -0.25) is 33.6 Å². The van der Waals surface area contributed by atoms with Crippen LogP contribution in [0, 0.1) is 5.92 Å². The van der Waals surface area contributed by atoms with Crippen molar-refractivity contribution >= 4 is 70.5 Å². The second kappa shape index (κ2) is 37.8. The van der Waals surface area contributed by atoms with E-state index in [0.717, 1.165) is 98.8 Å². The van der Waals surface area contributed by atoms with Gasteiger partial charge in [-0.25, -0.2) is 4.79 Å². The molecule has 0 spiro atoms. The van der Waals surface area contributed by atoms with Gasteiger partial charge in [-0.2, -0.15) is 0 Å². The van der Waals surface area contributed by atoms with Crippen LogP contribution in [-0.2, 0) is 52.6 Å². The maximum Gasteiger partial charge on any atom is 0.330 e. The number of halogens is 2. The Morgan fingerprint density at radius 3 is 1.84 bits per heavy atom. The molecule has 5 aromatic rings. The maximum absolute atomic E-state index is 16.2. The number of fused-ring (bicyclic) bond motifs is 15. The molecule has 2 fully saturated rings. The number of nitrogens with one attached hydrogen (secondary N) is 7. The molecule has 12 rings (SSSR count). The third kappa shape index (κ3) is 20.5. The summed E-state index contributed by atoms with van der Waals surface area (Å²) in [5.41, 5.74) is 8.11. The van der Waals surface area contributed by atoms with Gasteiger partial charge in [0.25, 0.3) is 0 Å². The number of nitrogens with two attached hydrogens (primary N) is 2. The SMILES string of the molecule is CCCCCCCCCCCCCN[C@@]1(C)C[C@H](O[C@H]2[C@H](Oc3c4cc5cc3Oc3ccc(cc3Cl)[C@@H](O)[C@@H](NC(=O)[C@H](N)CC(C)C)C(=O)N[C@@H](CC(N)=O)C(=O)N[C@H]5C(=O)N[C@H]3C(=O)N[C@H](C(=O)N[C@H](C(=O)O)c5cc(O)cc(O)c5-c5cc3ccc5O)[C@H](O)c3ccc(c(Cl)c3)O4)O[C@H](CO)[C@@H](O)[C@@H]2O)O[C@@H](C)[C@H]1O. The van der Waals surface area contributed by atoms with Crippen molar-refractivity contribution in [2.24, 2.45) is 17.4 Å². The lowest BCUT2D eigenvalue weighted by molar-refractivity contribution is -0.334. The molecule has 0 aliphatic carbocycles. The van der Waals surface area contributed by atoms with Crippen molar-refractivity contribution in [1.82, 2.24) is 37.2 Å². The fourth-order valence-corrected chi connectivity index (χ4v) is 15.1. The van der Waals surface area contributed by atoms with Gasteiger partial charge in [0.05, 0.1) is 41.3 Å². The molecule has 113 heavy (non-hydrogen) atoms. The number of carbonyl (C=O) groups is 8. The number of ether oxygens (including phenoxy) is 6. The van der Waals surface area contributed by atoms with Crippen molar-refractivity contribution < 1.29 is 118 Å². The summed E-state index contributed by atoms with van der Waals surface area (Å²) in [5, 5.41) is 133. The van der Waals surface area contributed by atoms with E-state index in [1.54, 1.807) is 27.7 Å². The Balaban J connectivity index is 1.15. The molecule has 0 saturated carbocycles. The molecule has 7 aliphatic rings. The summed E-state index contributed by atoms with van der Waals surface area (Å²) in [6.07, 6.45) is -6.06. The van der Waals surface area contributed by atoms with E-state index in [1.165, 1.54) is 50.7 Å². The van der Waals surface area contributed by atoms with Crippen LogP contribution >= 0.6 is 23.2 Å². The zero-order valence-corrected chi connectivity index (χ0v) is 64.3. The average Bonchev–Trinajstić information content (AvgIpc) is 0.765. The number of primary amides is 1. The first-order valence-electron chi connectivity index (χ1n) is 37.7. The summed E-state index contributed by atoms with van der Waals surface area (Å²) in [7, 11) is 0. The van der Waals surface area contributed by atoms with Crippen LogP contribution < -0.4 is 62.9 Å². The maximum atomic E-state index is 16.2. The van der Waals surface area contributed by atoms with Gasteiger partial charge >= 0.3 is 5.97 Å². The van der Waals surface area contributed by atoms with E-state index in [-0.39, 0.29) is 52.0 Å². The van der Waals surface area contributed by atoms with Crippen LogP contribution in [0.1, 0.15) is 183 Å². The van der Waals surface area contributed by atoms with E-state index in [1.807, 2.05) is 0 Å². The Labute approximate surface area is 660 Å². The molecular weight excluding hydrogens is 1520 g/mol. The lowest BCUT2D eigenvalue weighted by Gasteiger charge is -2.48. The summed E-state index contributed by atoms with van der Waals surface area (Å²) in [6.45, 7) is 8.64. The minimum atomic E-state index is -2.35. The summed E-state index contributed by atoms with van der Waals surface area (Å²) in [5.74, 6) is -16.1. The Morgan fingerprint density at radius 1 is 0.664 bits per heavy atom. The highest BCUT2D eigenvalue weighted by atomic mass is 35.5. The molecule has 7 aliphatic heterocycles. The number of carboxylic acid groups (broad SMARTS) is 1. The van der Waals surface area contributed by atoms with Crippen LogP contribution in [0.4, 0.5) is 0 Å². The fraction of sp³-hybridized carbons (Fsp3) is 0.513. The number of aliphatic hydroxyl groups excluding tert-OH is 6. The predicted molar refractivity (Wildman–Crippen MR) is 405 cm³/mol. The molecule has 2 saturated heterocycles. The molecule has 0 unspecified atom stereocenters. The van der Waals surface area contributed by atoms with Crippen molar-refractivity contribution in [1.29, 1.82) is 0 Å². The highest BCUT2D eigenvalue weighted by Gasteiger charge is 2.52. The Hall–Kier alpha value is -9.20. The molecule has 33 nitrogen and oxygen atoms in total. The molecule has 11 bridgehead atoms. The highest BCUT2D eigenvalue weighted by Crippen LogP contribution is 2.50. The number of carboxylic acids is 1.